The smallest absolute Gasteiger partial charge is 0.305 e. The molecule has 0 aliphatic carbocycles. The molecule has 0 radical (unpaired) electrons. The molecule has 6 nitrogen and oxygen atoms in total. The highest BCUT2D eigenvalue weighted by atomic mass is 31.2. The minimum atomic E-state index is -4.18. The lowest BCUT2D eigenvalue weighted by Crippen LogP contribution is -2.17. The van der Waals surface area contributed by atoms with Crippen molar-refractivity contribution >= 4 is 24.2 Å². The predicted molar refractivity (Wildman–Crippen MR) is 126 cm³/mol. The van der Waals surface area contributed by atoms with Crippen LogP contribution in [0.25, 0.3) is 22.2 Å². The fourth-order valence-electron chi connectivity index (χ4n) is 3.67. The van der Waals surface area contributed by atoms with Gasteiger partial charge in [-0.05, 0) is 47.0 Å². The molecule has 0 saturated carbocycles. The number of fused-ring (bicyclic) bond motifs is 1. The second-order valence-corrected chi connectivity index (χ2v) is 10.8. The van der Waals surface area contributed by atoms with Gasteiger partial charge in [0.2, 0.25) is 0 Å². The Kier molecular flexibility index (Phi) is 7.04. The molecule has 3 rings (SSSR count). The summed E-state index contributed by atoms with van der Waals surface area (Å²) >= 11 is 0. The molecule has 33 heavy (non-hydrogen) atoms. The number of aliphatic carboxylic acids is 1. The maximum Gasteiger partial charge on any atom is 0.305 e. The summed E-state index contributed by atoms with van der Waals surface area (Å²) < 4.78 is 26.2. The normalized spacial score (nSPS) is 14.2. The van der Waals surface area contributed by atoms with E-state index in [0.717, 1.165) is 10.9 Å². The van der Waals surface area contributed by atoms with Crippen LogP contribution in [0.15, 0.2) is 48.5 Å². The van der Waals surface area contributed by atoms with E-state index in [0.29, 0.717) is 22.3 Å². The first kappa shape index (κ1) is 24.6. The van der Waals surface area contributed by atoms with E-state index in [-0.39, 0.29) is 0 Å². The molecular weight excluding hydrogens is 444 g/mol. The molecule has 0 aliphatic heterocycles. The Hall–Kier alpha value is -3.04. The van der Waals surface area contributed by atoms with Gasteiger partial charge in [0.1, 0.15) is 5.82 Å². The van der Waals surface area contributed by atoms with E-state index in [2.05, 4.69) is 11.6 Å². The second kappa shape index (κ2) is 9.44. The summed E-state index contributed by atoms with van der Waals surface area (Å²) in [6, 6.07) is 13.2. The molecule has 1 heterocycles. The molecule has 0 spiro atoms. The molecule has 0 amide bonds. The number of aliphatic hydroxyl groups excluding tert-OH is 1. The van der Waals surface area contributed by atoms with Gasteiger partial charge >= 0.3 is 5.97 Å². The number of aliphatic hydroxyl groups is 1. The number of benzene rings is 2. The van der Waals surface area contributed by atoms with Gasteiger partial charge in [-0.15, -0.1) is 0 Å². The summed E-state index contributed by atoms with van der Waals surface area (Å²) in [5, 5.41) is 19.4. The van der Waals surface area contributed by atoms with Crippen molar-refractivity contribution in [1.82, 2.24) is 4.98 Å². The number of nitrogens with zero attached hydrogens (tertiary/aromatic N) is 1. The summed E-state index contributed by atoms with van der Waals surface area (Å²) in [6.45, 7) is 5.97. The van der Waals surface area contributed by atoms with Crippen LogP contribution in [0, 0.1) is 17.4 Å². The summed E-state index contributed by atoms with van der Waals surface area (Å²) in [4.78, 5) is 25.8. The summed E-state index contributed by atoms with van der Waals surface area (Å²) in [5.74, 6) is 1.13. The molecule has 3 N–H and O–H groups in total. The van der Waals surface area contributed by atoms with Crippen LogP contribution in [0.1, 0.15) is 38.3 Å². The number of halogens is 1. The molecule has 3 aromatic rings. The van der Waals surface area contributed by atoms with Crippen LogP contribution in [0.2, 0.25) is 0 Å². The molecule has 1 unspecified atom stereocenters. The zero-order valence-electron chi connectivity index (χ0n) is 18.5. The molecule has 2 atom stereocenters. The number of hydrogen-bond acceptors (Lipinski definition) is 4. The molecular formula is C25H25FNO5P. The molecule has 0 fully saturated rings. The predicted octanol–water partition coefficient (Wildman–Crippen LogP) is 4.75. The van der Waals surface area contributed by atoms with E-state index >= 15 is 0 Å². The summed E-state index contributed by atoms with van der Waals surface area (Å²) in [6.07, 6.45) is -2.82. The second-order valence-electron chi connectivity index (χ2n) is 8.86. The van der Waals surface area contributed by atoms with Gasteiger partial charge < -0.3 is 15.1 Å². The summed E-state index contributed by atoms with van der Waals surface area (Å²) in [5.41, 5.74) is 4.92. The number of carboxylic acids is 1. The van der Waals surface area contributed by atoms with Crippen LogP contribution in [-0.4, -0.2) is 38.3 Å². The van der Waals surface area contributed by atoms with Crippen LogP contribution < -0.4 is 0 Å². The maximum atomic E-state index is 13.6. The lowest BCUT2D eigenvalue weighted by atomic mass is 9.80. The molecule has 0 bridgehead atoms. The third-order valence-electron chi connectivity index (χ3n) is 4.98. The van der Waals surface area contributed by atoms with Gasteiger partial charge in [-0.3, -0.25) is 9.36 Å². The Morgan fingerprint density at radius 1 is 1.15 bits per heavy atom. The van der Waals surface area contributed by atoms with Gasteiger partial charge in [0.15, 0.2) is 0 Å². The number of rotatable bonds is 5. The Morgan fingerprint density at radius 3 is 2.39 bits per heavy atom. The molecule has 2 aromatic carbocycles. The van der Waals surface area contributed by atoms with E-state index in [9.17, 15) is 23.7 Å². The number of pyridine rings is 1. The number of para-hydroxylation sites is 1. The molecule has 0 aliphatic rings. The van der Waals surface area contributed by atoms with Crippen molar-refractivity contribution in [2.24, 2.45) is 0 Å². The first-order valence-corrected chi connectivity index (χ1v) is 12.2. The minimum Gasteiger partial charge on any atom is -0.481 e. The quantitative estimate of drug-likeness (QED) is 0.368. The molecule has 172 valence electrons. The molecule has 0 saturated heterocycles. The Labute approximate surface area is 191 Å². The third kappa shape index (κ3) is 6.06. The van der Waals surface area contributed by atoms with Crippen molar-refractivity contribution in [2.45, 2.75) is 38.7 Å². The molecule has 1 aromatic heterocycles. The lowest BCUT2D eigenvalue weighted by molar-refractivity contribution is -0.138. The van der Waals surface area contributed by atoms with Crippen LogP contribution in [-0.2, 0) is 14.8 Å². The SMILES string of the molecule is CC(C)(C)c1c(C#CP(=O)(O)C[C@@H](O)CC(=O)O)c(-c2ccc(F)cc2)nc2ccccc12. The van der Waals surface area contributed by atoms with Crippen LogP contribution in [0.5, 0.6) is 0 Å². The highest BCUT2D eigenvalue weighted by molar-refractivity contribution is 7.63. The van der Waals surface area contributed by atoms with Gasteiger partial charge in [-0.2, -0.15) is 0 Å². The highest BCUT2D eigenvalue weighted by Crippen LogP contribution is 2.42. The zero-order valence-corrected chi connectivity index (χ0v) is 19.4. The van der Waals surface area contributed by atoms with Crippen molar-refractivity contribution in [2.75, 3.05) is 6.16 Å². The minimum absolute atomic E-state index is 0.407. The van der Waals surface area contributed by atoms with Crippen LogP contribution in [0.3, 0.4) is 0 Å². The highest BCUT2D eigenvalue weighted by Gasteiger charge is 2.26. The van der Waals surface area contributed by atoms with Crippen molar-refractivity contribution in [3.05, 3.63) is 65.5 Å². The number of carboxylic acid groups (broad SMARTS) is 1. The van der Waals surface area contributed by atoms with Crippen molar-refractivity contribution in [3.8, 4) is 22.8 Å². The monoisotopic (exact) mass is 469 g/mol. The van der Waals surface area contributed by atoms with Crippen LogP contribution >= 0.6 is 7.37 Å². The Morgan fingerprint density at radius 2 is 1.79 bits per heavy atom. The molecule has 8 heteroatoms. The van der Waals surface area contributed by atoms with Gasteiger partial charge in [0.05, 0.1) is 35.5 Å². The number of hydrogen-bond donors (Lipinski definition) is 3. The fourth-order valence-corrected chi connectivity index (χ4v) is 4.75. The Balaban J connectivity index is 2.26. The van der Waals surface area contributed by atoms with Gasteiger partial charge in [-0.1, -0.05) is 44.9 Å². The van der Waals surface area contributed by atoms with Crippen LogP contribution in [0.4, 0.5) is 4.39 Å². The number of carbonyl (C=O) groups is 1. The first-order chi connectivity index (χ1) is 15.4. The zero-order chi connectivity index (χ0) is 24.4. The van der Waals surface area contributed by atoms with E-state index in [1.807, 2.05) is 45.0 Å². The van der Waals surface area contributed by atoms with E-state index < -0.39 is 43.3 Å². The maximum absolute atomic E-state index is 13.6. The van der Waals surface area contributed by atoms with Crippen molar-refractivity contribution in [3.63, 3.8) is 0 Å². The standard InChI is InChI=1S/C25H25FNO5P/c1-25(2,3)23-19-6-4-5-7-21(19)27-24(16-8-10-17(26)11-9-16)20(23)12-13-33(31,32)15-18(28)14-22(29)30/h4-11,18,28H,14-15H2,1-3H3,(H,29,30)(H,31,32)/t18-/m0/s1. The van der Waals surface area contributed by atoms with E-state index in [1.165, 1.54) is 12.1 Å². The fraction of sp³-hybridized carbons (Fsp3) is 0.280. The number of aromatic nitrogens is 1. The average molecular weight is 469 g/mol. The van der Waals surface area contributed by atoms with Gasteiger partial charge in [0.25, 0.3) is 7.37 Å². The lowest BCUT2D eigenvalue weighted by Gasteiger charge is -2.25. The van der Waals surface area contributed by atoms with Crippen molar-refractivity contribution in [1.29, 1.82) is 0 Å². The third-order valence-corrected chi connectivity index (χ3v) is 6.36. The van der Waals surface area contributed by atoms with E-state index in [1.54, 1.807) is 12.1 Å². The summed E-state index contributed by atoms with van der Waals surface area (Å²) in [7, 11) is -4.18. The topological polar surface area (TPSA) is 108 Å². The first-order valence-electron chi connectivity index (χ1n) is 10.3. The van der Waals surface area contributed by atoms with Crippen molar-refractivity contribution < 1.29 is 28.9 Å². The van der Waals surface area contributed by atoms with Gasteiger partial charge in [-0.25, -0.2) is 9.37 Å². The Bertz CT molecular complexity index is 1300. The largest absolute Gasteiger partial charge is 0.481 e. The average Bonchev–Trinajstić information content (AvgIpc) is 2.70. The van der Waals surface area contributed by atoms with E-state index in [4.69, 9.17) is 10.1 Å². The van der Waals surface area contributed by atoms with Gasteiger partial charge in [0, 0.05) is 10.9 Å².